The monoisotopic (exact) mass is 725 g/mol. The van der Waals surface area contributed by atoms with Crippen molar-refractivity contribution in [1.82, 2.24) is 29.9 Å². The molecule has 0 bridgehead atoms. The summed E-state index contributed by atoms with van der Waals surface area (Å²) in [7, 11) is 1.64. The molecule has 1 atom stereocenters. The van der Waals surface area contributed by atoms with E-state index in [1.165, 1.54) is 20.4 Å². The molecule has 0 spiro atoms. The maximum Gasteiger partial charge on any atom is 0.411 e. The standard InChI is InChI=1S/C37H39N7O9/c1-20(2)24-17-25(30(46)18-29(24)45)33-40-41-36(51)44(33)22-10-8-21(9-11-22)16-32(48)42(3)14-5-15-53-37(52)38-27-7-4-6-23-26(27)19-43(35(23)50)28-12-13-31(47)39-34(28)49/h4,6-11,17-18,20,28,45-46H,5,12-16,19H2,1-3H3,(H,38,52)(H,41,51)(H,39,47,49). The molecule has 16 nitrogen and oxygen atoms in total. The summed E-state index contributed by atoms with van der Waals surface area (Å²) in [4.78, 5) is 78.2. The minimum absolute atomic E-state index is 0.0194. The first-order chi connectivity index (χ1) is 25.3. The van der Waals surface area contributed by atoms with Crippen molar-refractivity contribution in [2.45, 2.75) is 58.0 Å². The van der Waals surface area contributed by atoms with Crippen LogP contribution in [0.5, 0.6) is 11.5 Å². The van der Waals surface area contributed by atoms with Crippen LogP contribution >= 0.6 is 0 Å². The molecular weight excluding hydrogens is 686 g/mol. The van der Waals surface area contributed by atoms with Gasteiger partial charge in [0.05, 0.1) is 24.3 Å². The molecule has 4 aromatic rings. The average Bonchev–Trinajstić information content (AvgIpc) is 3.66. The van der Waals surface area contributed by atoms with E-state index in [2.05, 4.69) is 20.8 Å². The average molecular weight is 726 g/mol. The van der Waals surface area contributed by atoms with E-state index < -0.39 is 23.7 Å². The number of rotatable bonds is 11. The second-order valence-electron chi connectivity index (χ2n) is 13.3. The Morgan fingerprint density at radius 1 is 1.04 bits per heavy atom. The number of aromatic amines is 1. The third-order valence-electron chi connectivity index (χ3n) is 9.35. The molecule has 16 heteroatoms. The van der Waals surface area contributed by atoms with Crippen LogP contribution in [-0.2, 0) is 32.1 Å². The Morgan fingerprint density at radius 3 is 2.51 bits per heavy atom. The molecule has 6 rings (SSSR count). The number of aromatic nitrogens is 3. The number of likely N-dealkylation sites (N-methyl/N-ethyl adjacent to an activating group) is 1. The van der Waals surface area contributed by atoms with Crippen molar-refractivity contribution in [3.05, 3.63) is 87.3 Å². The molecule has 5 amide bonds. The first-order valence-electron chi connectivity index (χ1n) is 17.1. The number of benzene rings is 3. The number of phenolic OH excluding ortho intramolecular Hbond substituents is 2. The molecule has 53 heavy (non-hydrogen) atoms. The van der Waals surface area contributed by atoms with Crippen molar-refractivity contribution in [1.29, 1.82) is 0 Å². The van der Waals surface area contributed by atoms with Gasteiger partial charge in [-0.2, -0.15) is 5.10 Å². The molecule has 3 aromatic carbocycles. The molecule has 2 aliphatic heterocycles. The topological polar surface area (TPSA) is 216 Å². The molecule has 0 radical (unpaired) electrons. The van der Waals surface area contributed by atoms with Gasteiger partial charge in [0.25, 0.3) is 5.91 Å². The van der Waals surface area contributed by atoms with E-state index in [1.54, 1.807) is 55.6 Å². The third kappa shape index (κ3) is 7.61. The maximum atomic E-state index is 13.0. The lowest BCUT2D eigenvalue weighted by Crippen LogP contribution is -2.52. The number of amides is 5. The summed E-state index contributed by atoms with van der Waals surface area (Å²) in [5.74, 6) is -1.62. The van der Waals surface area contributed by atoms with Crippen LogP contribution in [-0.4, -0.2) is 90.7 Å². The first kappa shape index (κ1) is 36.3. The van der Waals surface area contributed by atoms with Gasteiger partial charge in [-0.05, 0) is 60.2 Å². The van der Waals surface area contributed by atoms with Crippen molar-refractivity contribution in [2.75, 3.05) is 25.5 Å². The van der Waals surface area contributed by atoms with E-state index in [0.717, 1.165) is 0 Å². The molecule has 0 aliphatic carbocycles. The van der Waals surface area contributed by atoms with Gasteiger partial charge in [-0.3, -0.25) is 29.8 Å². The van der Waals surface area contributed by atoms with E-state index in [1.807, 2.05) is 13.8 Å². The Labute approximate surface area is 303 Å². The second-order valence-corrected chi connectivity index (χ2v) is 13.3. The van der Waals surface area contributed by atoms with Crippen molar-refractivity contribution in [3.63, 3.8) is 0 Å². The Hall–Kier alpha value is -6.45. The highest BCUT2D eigenvalue weighted by molar-refractivity contribution is 6.06. The molecule has 5 N–H and O–H groups in total. The number of imide groups is 1. The van der Waals surface area contributed by atoms with Crippen LogP contribution in [0, 0.1) is 0 Å². The fourth-order valence-corrected chi connectivity index (χ4v) is 6.47. The normalized spacial score (nSPS) is 15.4. The maximum absolute atomic E-state index is 13.0. The van der Waals surface area contributed by atoms with Crippen molar-refractivity contribution < 1.29 is 38.9 Å². The summed E-state index contributed by atoms with van der Waals surface area (Å²) < 4.78 is 6.63. The van der Waals surface area contributed by atoms with Gasteiger partial charge in [0.15, 0.2) is 5.82 Å². The van der Waals surface area contributed by atoms with Gasteiger partial charge in [0.2, 0.25) is 17.7 Å². The fourth-order valence-electron chi connectivity index (χ4n) is 6.47. The first-order valence-corrected chi connectivity index (χ1v) is 17.1. The van der Waals surface area contributed by atoms with E-state index >= 15 is 0 Å². The summed E-state index contributed by atoms with van der Waals surface area (Å²) in [5.41, 5.74) is 2.76. The lowest BCUT2D eigenvalue weighted by molar-refractivity contribution is -0.137. The minimum atomic E-state index is -0.778. The fraction of sp³-hybridized carbons (Fsp3) is 0.324. The van der Waals surface area contributed by atoms with Gasteiger partial charge in [-0.25, -0.2) is 19.3 Å². The molecule has 1 aromatic heterocycles. The molecule has 1 unspecified atom stereocenters. The SMILES string of the molecule is CC(C)c1cc(-c2n[nH]c(=O)n2-c2ccc(CC(=O)N(C)CCCOC(=O)Nc3cccc4c3CN(C3CCC(=O)NC3=O)C4=O)cc2)c(O)cc1O. The van der Waals surface area contributed by atoms with E-state index in [-0.39, 0.29) is 78.9 Å². The Kier molecular flexibility index (Phi) is 10.3. The van der Waals surface area contributed by atoms with Crippen molar-refractivity contribution in [2.24, 2.45) is 0 Å². The number of hydrogen-bond acceptors (Lipinski definition) is 10. The number of fused-ring (bicyclic) bond motifs is 1. The summed E-state index contributed by atoms with van der Waals surface area (Å²) in [6, 6.07) is 13.7. The van der Waals surface area contributed by atoms with Crippen LogP contribution in [0.2, 0.25) is 0 Å². The highest BCUT2D eigenvalue weighted by atomic mass is 16.5. The quantitative estimate of drug-likeness (QED) is 0.112. The number of carbonyl (C=O) groups is 5. The zero-order valence-corrected chi connectivity index (χ0v) is 29.3. The van der Waals surface area contributed by atoms with Gasteiger partial charge in [-0.15, -0.1) is 0 Å². The van der Waals surface area contributed by atoms with Crippen LogP contribution in [0.25, 0.3) is 17.1 Å². The predicted molar refractivity (Wildman–Crippen MR) is 190 cm³/mol. The van der Waals surface area contributed by atoms with Gasteiger partial charge in [-0.1, -0.05) is 32.0 Å². The van der Waals surface area contributed by atoms with E-state index in [0.29, 0.717) is 46.6 Å². The Bertz CT molecular complexity index is 2160. The van der Waals surface area contributed by atoms with E-state index in [9.17, 15) is 39.0 Å². The van der Waals surface area contributed by atoms with Crippen LogP contribution in [0.4, 0.5) is 10.5 Å². The van der Waals surface area contributed by atoms with Gasteiger partial charge < -0.3 is 24.7 Å². The van der Waals surface area contributed by atoms with Gasteiger partial charge >= 0.3 is 11.8 Å². The number of nitrogens with one attached hydrogen (secondary N) is 3. The van der Waals surface area contributed by atoms with Gasteiger partial charge in [0, 0.05) is 49.4 Å². The summed E-state index contributed by atoms with van der Waals surface area (Å²) >= 11 is 0. The summed E-state index contributed by atoms with van der Waals surface area (Å²) in [5, 5.41) is 32.3. The number of phenols is 2. The van der Waals surface area contributed by atoms with Gasteiger partial charge in [0.1, 0.15) is 17.5 Å². The second kappa shape index (κ2) is 15.0. The number of anilines is 1. The van der Waals surface area contributed by atoms with E-state index in [4.69, 9.17) is 4.74 Å². The minimum Gasteiger partial charge on any atom is -0.508 e. The lowest BCUT2D eigenvalue weighted by atomic mass is 9.98. The molecule has 276 valence electrons. The van der Waals surface area contributed by atoms with Crippen LogP contribution in [0.1, 0.15) is 66.1 Å². The lowest BCUT2D eigenvalue weighted by Gasteiger charge is -2.29. The number of hydrogen-bond donors (Lipinski definition) is 5. The zero-order chi connectivity index (χ0) is 38.0. The van der Waals surface area contributed by atoms with Crippen LogP contribution < -0.4 is 16.3 Å². The van der Waals surface area contributed by atoms with Crippen molar-refractivity contribution in [3.8, 4) is 28.6 Å². The summed E-state index contributed by atoms with van der Waals surface area (Å²) in [6.45, 7) is 4.21. The number of piperidine rings is 1. The molecule has 2 aliphatic rings. The van der Waals surface area contributed by atoms with Crippen molar-refractivity contribution >= 4 is 35.4 Å². The Balaban J connectivity index is 0.993. The number of ether oxygens (including phenoxy) is 1. The third-order valence-corrected chi connectivity index (χ3v) is 9.35. The smallest absolute Gasteiger partial charge is 0.411 e. The molecule has 1 fully saturated rings. The Morgan fingerprint density at radius 2 is 1.79 bits per heavy atom. The van der Waals surface area contributed by atoms with Crippen LogP contribution in [0.15, 0.2) is 59.4 Å². The molecule has 1 saturated heterocycles. The predicted octanol–water partition coefficient (Wildman–Crippen LogP) is 3.16. The number of nitrogens with zero attached hydrogens (tertiary/aromatic N) is 4. The number of carbonyl (C=O) groups excluding carboxylic acids is 5. The summed E-state index contributed by atoms with van der Waals surface area (Å²) in [6.07, 6.45) is 0.0615. The van der Waals surface area contributed by atoms with Crippen LogP contribution in [0.3, 0.4) is 0 Å². The number of aromatic hydroxyl groups is 2. The zero-order valence-electron chi connectivity index (χ0n) is 29.3. The molecule has 0 saturated carbocycles. The highest BCUT2D eigenvalue weighted by Crippen LogP contribution is 2.37. The molecule has 3 heterocycles. The highest BCUT2D eigenvalue weighted by Gasteiger charge is 2.40. The molecular formula is C37H39N7O9. The number of H-pyrrole nitrogens is 1. The largest absolute Gasteiger partial charge is 0.508 e.